The van der Waals surface area contributed by atoms with Crippen molar-refractivity contribution in [1.82, 2.24) is 0 Å². The second-order valence-electron chi connectivity index (χ2n) is 14.6. The van der Waals surface area contributed by atoms with Crippen molar-refractivity contribution >= 4 is 0 Å². The van der Waals surface area contributed by atoms with Gasteiger partial charge >= 0.3 is 0 Å². The van der Waals surface area contributed by atoms with Crippen molar-refractivity contribution in [2.24, 2.45) is 52.8 Å². The molecule has 0 aliphatic heterocycles. The zero-order valence-corrected chi connectivity index (χ0v) is 26.6. The third-order valence-electron chi connectivity index (χ3n) is 11.9. The minimum Gasteiger partial charge on any atom is -0.0917 e. The van der Waals surface area contributed by atoms with Crippen molar-refractivity contribution in [3.8, 4) is 0 Å². The minimum atomic E-state index is 0.322. The van der Waals surface area contributed by atoms with Crippen molar-refractivity contribution in [3.05, 3.63) is 59.8 Å². The summed E-state index contributed by atoms with van der Waals surface area (Å²) in [6.07, 6.45) is 39.1. The molecule has 218 valence electrons. The van der Waals surface area contributed by atoms with E-state index in [1.807, 2.05) is 0 Å². The van der Waals surface area contributed by atoms with Gasteiger partial charge in [0.15, 0.2) is 0 Å². The summed E-state index contributed by atoms with van der Waals surface area (Å²) in [6, 6.07) is 0. The van der Waals surface area contributed by atoms with Crippen LogP contribution >= 0.6 is 0 Å². The Morgan fingerprint density at radius 3 is 2.56 bits per heavy atom. The SMILES string of the molecule is CC=CCCC1=CC(CCC)C(C(C)C(C)C2=CCC(CCC3CCCCC4C=CC=CC43)CCC2)C1(C)C. The second kappa shape index (κ2) is 14.5. The van der Waals surface area contributed by atoms with Crippen molar-refractivity contribution in [1.29, 1.82) is 0 Å². The highest BCUT2D eigenvalue weighted by Crippen LogP contribution is 2.55. The Morgan fingerprint density at radius 2 is 1.77 bits per heavy atom. The van der Waals surface area contributed by atoms with E-state index in [-0.39, 0.29) is 0 Å². The molecule has 8 atom stereocenters. The first-order valence-electron chi connectivity index (χ1n) is 17.2. The van der Waals surface area contributed by atoms with Crippen molar-refractivity contribution < 1.29 is 0 Å². The average molecular weight is 531 g/mol. The van der Waals surface area contributed by atoms with Crippen molar-refractivity contribution in [2.45, 2.75) is 131 Å². The Morgan fingerprint density at radius 1 is 0.974 bits per heavy atom. The van der Waals surface area contributed by atoms with E-state index in [2.05, 4.69) is 90.2 Å². The molecule has 4 rings (SSSR count). The Labute approximate surface area is 243 Å². The van der Waals surface area contributed by atoms with Gasteiger partial charge in [0.05, 0.1) is 0 Å². The van der Waals surface area contributed by atoms with Gasteiger partial charge in [-0.2, -0.15) is 0 Å². The Balaban J connectivity index is 1.37. The van der Waals surface area contributed by atoms with Crippen LogP contribution in [0.25, 0.3) is 0 Å². The summed E-state index contributed by atoms with van der Waals surface area (Å²) >= 11 is 0. The van der Waals surface area contributed by atoms with Gasteiger partial charge in [0.2, 0.25) is 0 Å². The number of allylic oxidation sites excluding steroid dienone is 10. The van der Waals surface area contributed by atoms with Crippen LogP contribution < -0.4 is 0 Å². The summed E-state index contributed by atoms with van der Waals surface area (Å²) < 4.78 is 0. The minimum absolute atomic E-state index is 0.322. The number of hydrogen-bond acceptors (Lipinski definition) is 0. The van der Waals surface area contributed by atoms with Crippen LogP contribution in [-0.2, 0) is 0 Å². The molecule has 0 spiro atoms. The van der Waals surface area contributed by atoms with Gasteiger partial charge in [0, 0.05) is 0 Å². The van der Waals surface area contributed by atoms with E-state index in [4.69, 9.17) is 0 Å². The molecule has 8 unspecified atom stereocenters. The molecule has 0 aromatic heterocycles. The van der Waals surface area contributed by atoms with Gasteiger partial charge in [-0.25, -0.2) is 0 Å². The molecule has 4 aliphatic rings. The highest BCUT2D eigenvalue weighted by atomic mass is 14.5. The molecule has 4 aliphatic carbocycles. The molecule has 0 heteroatoms. The quantitative estimate of drug-likeness (QED) is 0.233. The molecule has 1 fully saturated rings. The predicted molar refractivity (Wildman–Crippen MR) is 173 cm³/mol. The van der Waals surface area contributed by atoms with Crippen molar-refractivity contribution in [2.75, 3.05) is 0 Å². The Hall–Kier alpha value is -1.30. The van der Waals surface area contributed by atoms with E-state index in [1.165, 1.54) is 89.9 Å². The summed E-state index contributed by atoms with van der Waals surface area (Å²) in [4.78, 5) is 0. The maximum Gasteiger partial charge on any atom is -0.0108 e. The van der Waals surface area contributed by atoms with E-state index in [1.54, 1.807) is 11.1 Å². The van der Waals surface area contributed by atoms with E-state index in [0.29, 0.717) is 11.3 Å². The first-order valence-corrected chi connectivity index (χ1v) is 17.2. The molecular formula is C39H62. The van der Waals surface area contributed by atoms with Gasteiger partial charge in [-0.15, -0.1) is 0 Å². The molecular weight excluding hydrogens is 468 g/mol. The lowest BCUT2D eigenvalue weighted by atomic mass is 9.63. The van der Waals surface area contributed by atoms with E-state index < -0.39 is 0 Å². The van der Waals surface area contributed by atoms with E-state index in [0.717, 1.165) is 41.4 Å². The lowest BCUT2D eigenvalue weighted by molar-refractivity contribution is 0.123. The summed E-state index contributed by atoms with van der Waals surface area (Å²) in [7, 11) is 0. The molecule has 0 aromatic carbocycles. The summed E-state index contributed by atoms with van der Waals surface area (Å²) in [5, 5.41) is 0. The maximum absolute atomic E-state index is 2.75. The van der Waals surface area contributed by atoms with Crippen LogP contribution in [0.3, 0.4) is 0 Å². The average Bonchev–Trinajstić information content (AvgIpc) is 3.14. The predicted octanol–water partition coefficient (Wildman–Crippen LogP) is 12.1. The van der Waals surface area contributed by atoms with Gasteiger partial charge in [0.25, 0.3) is 0 Å². The Bertz CT molecular complexity index is 906. The summed E-state index contributed by atoms with van der Waals surface area (Å²) in [5.41, 5.74) is 3.86. The zero-order valence-electron chi connectivity index (χ0n) is 26.6. The first kappa shape index (κ1) is 30.7. The largest absolute Gasteiger partial charge is 0.0917 e. The van der Waals surface area contributed by atoms with Gasteiger partial charge in [-0.05, 0) is 130 Å². The van der Waals surface area contributed by atoms with E-state index in [9.17, 15) is 0 Å². The van der Waals surface area contributed by atoms with Crippen LogP contribution in [0.2, 0.25) is 0 Å². The smallest absolute Gasteiger partial charge is 0.0108 e. The maximum atomic E-state index is 2.75. The third-order valence-corrected chi connectivity index (χ3v) is 11.9. The van der Waals surface area contributed by atoms with Gasteiger partial charge in [-0.3, -0.25) is 0 Å². The highest BCUT2D eigenvalue weighted by molar-refractivity contribution is 5.26. The van der Waals surface area contributed by atoms with Gasteiger partial charge in [0.1, 0.15) is 0 Å². The Kier molecular flexibility index (Phi) is 11.4. The van der Waals surface area contributed by atoms with Crippen LogP contribution in [0.15, 0.2) is 59.8 Å². The topological polar surface area (TPSA) is 0 Å². The summed E-state index contributed by atoms with van der Waals surface area (Å²) in [6.45, 7) is 14.9. The molecule has 1 saturated carbocycles. The summed E-state index contributed by atoms with van der Waals surface area (Å²) in [5.74, 6) is 6.44. The number of hydrogen-bond donors (Lipinski definition) is 0. The van der Waals surface area contributed by atoms with Crippen LogP contribution in [0.5, 0.6) is 0 Å². The molecule has 0 radical (unpaired) electrons. The number of rotatable bonds is 11. The molecule has 39 heavy (non-hydrogen) atoms. The van der Waals surface area contributed by atoms with Gasteiger partial charge in [-0.1, -0.05) is 114 Å². The fourth-order valence-electron chi connectivity index (χ4n) is 9.47. The van der Waals surface area contributed by atoms with Crippen LogP contribution in [0.1, 0.15) is 131 Å². The molecule has 0 aromatic rings. The standard InChI is InChI=1S/C39H62/c1-7-9-10-22-36-28-35(16-8-2)38(39(36,5)6)30(4)29(3)32-21-15-17-31(24-26-32)25-27-34-20-12-11-18-33-19-13-14-23-37(33)34/h7,9,13-14,19,23,26,28-31,33-35,37-38H,8,10-12,15-18,20-22,24-25,27H2,1-6H3. The molecule has 0 nitrogen and oxygen atoms in total. The molecule has 0 N–H and O–H groups in total. The fraction of sp³-hybridized carbons (Fsp3) is 0.744. The molecule has 0 heterocycles. The third kappa shape index (κ3) is 7.51. The van der Waals surface area contributed by atoms with Crippen LogP contribution in [-0.4, -0.2) is 0 Å². The molecule has 0 amide bonds. The van der Waals surface area contributed by atoms with E-state index >= 15 is 0 Å². The molecule has 0 saturated heterocycles. The van der Waals surface area contributed by atoms with Gasteiger partial charge < -0.3 is 0 Å². The lowest BCUT2D eigenvalue weighted by Gasteiger charge is -2.41. The van der Waals surface area contributed by atoms with Crippen LogP contribution in [0, 0.1) is 52.8 Å². The monoisotopic (exact) mass is 530 g/mol. The second-order valence-corrected chi connectivity index (χ2v) is 14.6. The normalized spacial score (nSPS) is 34.2. The first-order chi connectivity index (χ1) is 18.9. The lowest BCUT2D eigenvalue weighted by Crippen LogP contribution is -2.34. The number of fused-ring (bicyclic) bond motifs is 1. The van der Waals surface area contributed by atoms with Crippen LogP contribution in [0.4, 0.5) is 0 Å². The van der Waals surface area contributed by atoms with Crippen molar-refractivity contribution in [3.63, 3.8) is 0 Å². The zero-order chi connectivity index (χ0) is 27.8. The molecule has 0 bridgehead atoms. The fourth-order valence-corrected chi connectivity index (χ4v) is 9.47. The highest BCUT2D eigenvalue weighted by Gasteiger charge is 2.46.